The van der Waals surface area contributed by atoms with E-state index in [4.69, 9.17) is 8.85 Å². The molecule has 0 aromatic rings. The first-order valence-corrected chi connectivity index (χ1v) is 9.15. The molecule has 1 fully saturated rings. The van der Waals surface area contributed by atoms with Gasteiger partial charge in [-0.1, -0.05) is 40.0 Å². The molecule has 0 atom stereocenters. The first-order chi connectivity index (χ1) is 7.98. The van der Waals surface area contributed by atoms with Gasteiger partial charge in [-0.15, -0.1) is 0 Å². The summed E-state index contributed by atoms with van der Waals surface area (Å²) in [5.41, 5.74) is 0.691. The van der Waals surface area contributed by atoms with Crippen molar-refractivity contribution in [2.45, 2.75) is 77.3 Å². The molecule has 0 bridgehead atoms. The SMILES string of the molecule is CCO[Si](OCC)(C1CCCCC1)C(C)(C)C. The summed E-state index contributed by atoms with van der Waals surface area (Å²) in [4.78, 5) is 0. The van der Waals surface area contributed by atoms with Crippen molar-refractivity contribution in [3.8, 4) is 0 Å². The summed E-state index contributed by atoms with van der Waals surface area (Å²) in [5.74, 6) is 0. The summed E-state index contributed by atoms with van der Waals surface area (Å²) >= 11 is 0. The first kappa shape index (κ1) is 15.2. The molecule has 1 aliphatic carbocycles. The molecule has 0 aliphatic heterocycles. The fourth-order valence-electron chi connectivity index (χ4n) is 3.23. The Kier molecular flexibility index (Phi) is 5.67. The van der Waals surface area contributed by atoms with Gasteiger partial charge in [0.2, 0.25) is 0 Å². The van der Waals surface area contributed by atoms with Gasteiger partial charge >= 0.3 is 8.56 Å². The molecule has 0 amide bonds. The molecular weight excluding hydrogens is 228 g/mol. The van der Waals surface area contributed by atoms with E-state index in [9.17, 15) is 0 Å². The Bertz CT molecular complexity index is 211. The van der Waals surface area contributed by atoms with E-state index in [2.05, 4.69) is 34.6 Å². The third kappa shape index (κ3) is 3.33. The van der Waals surface area contributed by atoms with Gasteiger partial charge in [0, 0.05) is 23.8 Å². The maximum Gasteiger partial charge on any atom is 0.346 e. The lowest BCUT2D eigenvalue weighted by Crippen LogP contribution is -2.54. The Morgan fingerprint density at radius 2 is 1.41 bits per heavy atom. The van der Waals surface area contributed by atoms with Gasteiger partial charge in [0.1, 0.15) is 0 Å². The molecule has 1 saturated carbocycles. The van der Waals surface area contributed by atoms with E-state index in [1.807, 2.05) is 0 Å². The van der Waals surface area contributed by atoms with E-state index >= 15 is 0 Å². The minimum absolute atomic E-state index is 0.168. The van der Waals surface area contributed by atoms with Crippen molar-refractivity contribution in [2.24, 2.45) is 0 Å². The third-order valence-electron chi connectivity index (χ3n) is 3.91. The summed E-state index contributed by atoms with van der Waals surface area (Å²) in [5, 5.41) is 0.168. The van der Waals surface area contributed by atoms with E-state index in [-0.39, 0.29) is 5.04 Å². The van der Waals surface area contributed by atoms with Crippen LogP contribution in [-0.2, 0) is 8.85 Å². The molecule has 0 spiro atoms. The van der Waals surface area contributed by atoms with Crippen molar-refractivity contribution in [3.05, 3.63) is 0 Å². The van der Waals surface area contributed by atoms with Crippen LogP contribution >= 0.6 is 0 Å². The third-order valence-corrected chi connectivity index (χ3v) is 9.08. The zero-order valence-corrected chi connectivity index (χ0v) is 13.3. The molecule has 0 aromatic heterocycles. The average molecular weight is 258 g/mol. The Morgan fingerprint density at radius 1 is 0.941 bits per heavy atom. The van der Waals surface area contributed by atoms with Gasteiger partial charge in [0.15, 0.2) is 0 Å². The van der Waals surface area contributed by atoms with Crippen LogP contribution in [0.4, 0.5) is 0 Å². The monoisotopic (exact) mass is 258 g/mol. The van der Waals surface area contributed by atoms with Crippen LogP contribution in [-0.4, -0.2) is 21.8 Å². The van der Waals surface area contributed by atoms with Crippen LogP contribution in [0, 0.1) is 0 Å². The van der Waals surface area contributed by atoms with Crippen LogP contribution in [0.5, 0.6) is 0 Å². The summed E-state index contributed by atoms with van der Waals surface area (Å²) in [6.45, 7) is 12.7. The van der Waals surface area contributed by atoms with Crippen molar-refractivity contribution < 1.29 is 8.85 Å². The quantitative estimate of drug-likeness (QED) is 0.669. The fraction of sp³-hybridized carbons (Fsp3) is 1.00. The molecule has 0 aromatic carbocycles. The average Bonchev–Trinajstić information content (AvgIpc) is 2.28. The molecule has 1 aliphatic rings. The van der Waals surface area contributed by atoms with Gasteiger partial charge in [-0.3, -0.25) is 0 Å². The lowest BCUT2D eigenvalue weighted by molar-refractivity contribution is 0.142. The van der Waals surface area contributed by atoms with Gasteiger partial charge in [0.05, 0.1) is 0 Å². The van der Waals surface area contributed by atoms with Crippen LogP contribution in [0.15, 0.2) is 0 Å². The smallest absolute Gasteiger partial charge is 0.346 e. The largest absolute Gasteiger partial charge is 0.394 e. The maximum atomic E-state index is 6.29. The van der Waals surface area contributed by atoms with Crippen molar-refractivity contribution in [2.75, 3.05) is 13.2 Å². The van der Waals surface area contributed by atoms with Crippen LogP contribution < -0.4 is 0 Å². The van der Waals surface area contributed by atoms with Gasteiger partial charge in [0.25, 0.3) is 0 Å². The lowest BCUT2D eigenvalue weighted by atomic mass is 10.0. The zero-order valence-electron chi connectivity index (χ0n) is 12.3. The molecule has 0 radical (unpaired) electrons. The molecule has 1 rings (SSSR count). The second kappa shape index (κ2) is 6.35. The first-order valence-electron chi connectivity index (χ1n) is 7.25. The van der Waals surface area contributed by atoms with E-state index in [1.54, 1.807) is 0 Å². The summed E-state index contributed by atoms with van der Waals surface area (Å²) < 4.78 is 12.6. The van der Waals surface area contributed by atoms with Crippen LogP contribution in [0.2, 0.25) is 10.6 Å². The van der Waals surface area contributed by atoms with Gasteiger partial charge in [-0.25, -0.2) is 0 Å². The van der Waals surface area contributed by atoms with Crippen molar-refractivity contribution in [1.29, 1.82) is 0 Å². The second-order valence-electron chi connectivity index (χ2n) is 6.12. The fourth-order valence-corrected chi connectivity index (χ4v) is 7.91. The van der Waals surface area contributed by atoms with E-state index < -0.39 is 8.56 Å². The van der Waals surface area contributed by atoms with E-state index in [0.717, 1.165) is 13.2 Å². The minimum Gasteiger partial charge on any atom is -0.394 e. The molecule has 0 saturated heterocycles. The normalized spacial score (nSPS) is 19.6. The molecule has 0 unspecified atom stereocenters. The highest BCUT2D eigenvalue weighted by atomic mass is 28.4. The van der Waals surface area contributed by atoms with Crippen LogP contribution in [0.25, 0.3) is 0 Å². The highest BCUT2D eigenvalue weighted by molar-refractivity contribution is 6.72. The predicted octanol–water partition coefficient (Wildman–Crippen LogP) is 4.64. The van der Waals surface area contributed by atoms with Crippen LogP contribution in [0.3, 0.4) is 0 Å². The Balaban J connectivity index is 2.94. The summed E-state index contributed by atoms with van der Waals surface area (Å²) in [6, 6.07) is 0. The number of hydrogen-bond donors (Lipinski definition) is 0. The Morgan fingerprint density at radius 3 is 1.76 bits per heavy atom. The highest BCUT2D eigenvalue weighted by Crippen LogP contribution is 2.50. The van der Waals surface area contributed by atoms with Gasteiger partial charge in [-0.05, 0) is 26.7 Å². The molecule has 102 valence electrons. The van der Waals surface area contributed by atoms with E-state index in [1.165, 1.54) is 32.1 Å². The Labute approximate surface area is 108 Å². The van der Waals surface area contributed by atoms with Gasteiger partial charge < -0.3 is 8.85 Å². The molecule has 17 heavy (non-hydrogen) atoms. The number of hydrogen-bond acceptors (Lipinski definition) is 2. The molecule has 0 heterocycles. The summed E-state index contributed by atoms with van der Waals surface area (Å²) in [6.07, 6.45) is 6.72. The van der Waals surface area contributed by atoms with Gasteiger partial charge in [-0.2, -0.15) is 0 Å². The topological polar surface area (TPSA) is 18.5 Å². The number of rotatable bonds is 5. The van der Waals surface area contributed by atoms with Crippen molar-refractivity contribution >= 4 is 8.56 Å². The van der Waals surface area contributed by atoms with Crippen LogP contribution in [0.1, 0.15) is 66.7 Å². The minimum atomic E-state index is -2.10. The lowest BCUT2D eigenvalue weighted by Gasteiger charge is -2.46. The molecule has 0 N–H and O–H groups in total. The van der Waals surface area contributed by atoms with E-state index in [0.29, 0.717) is 5.54 Å². The Hall–Kier alpha value is 0.137. The zero-order chi connectivity index (χ0) is 12.9. The standard InChI is InChI=1S/C14H30O2Si/c1-6-15-17(16-7-2,14(3,4)5)13-11-9-8-10-12-13/h13H,6-12H2,1-5H3. The highest BCUT2D eigenvalue weighted by Gasteiger charge is 2.54. The predicted molar refractivity (Wildman–Crippen MR) is 75.6 cm³/mol. The molecule has 2 nitrogen and oxygen atoms in total. The summed E-state index contributed by atoms with van der Waals surface area (Å²) in [7, 11) is -2.10. The second-order valence-corrected chi connectivity index (χ2v) is 10.3. The van der Waals surface area contributed by atoms with Crippen molar-refractivity contribution in [1.82, 2.24) is 0 Å². The molecular formula is C14H30O2Si. The molecule has 3 heteroatoms. The van der Waals surface area contributed by atoms with Crippen molar-refractivity contribution in [3.63, 3.8) is 0 Å². The maximum absolute atomic E-state index is 6.29.